The molecule has 1 atom stereocenters. The second kappa shape index (κ2) is 6.31. The van der Waals surface area contributed by atoms with E-state index in [2.05, 4.69) is 21.5 Å². The van der Waals surface area contributed by atoms with Crippen molar-refractivity contribution in [2.75, 3.05) is 6.54 Å². The fraction of sp³-hybridized carbons (Fsp3) is 0.562. The molecule has 1 saturated heterocycles. The molecule has 2 aromatic rings. The van der Waals surface area contributed by atoms with Crippen LogP contribution in [0.4, 0.5) is 4.79 Å². The Balaban J connectivity index is 1.31. The summed E-state index contributed by atoms with van der Waals surface area (Å²) in [7, 11) is 0. The Bertz CT molecular complexity index is 663. The van der Waals surface area contributed by atoms with E-state index in [0.717, 1.165) is 31.7 Å². The molecule has 4 rings (SSSR count). The molecule has 2 fully saturated rings. The minimum Gasteiger partial charge on any atom is -0.339 e. The molecule has 1 aliphatic carbocycles. The fourth-order valence-electron chi connectivity index (χ4n) is 3.34. The Hall–Kier alpha value is -1.89. The third-order valence-electron chi connectivity index (χ3n) is 4.74. The summed E-state index contributed by atoms with van der Waals surface area (Å²) in [5.41, 5.74) is 0. The van der Waals surface area contributed by atoms with Crippen LogP contribution in [0.2, 0.25) is 0 Å². The first-order valence-corrected chi connectivity index (χ1v) is 9.09. The van der Waals surface area contributed by atoms with E-state index in [1.807, 2.05) is 16.3 Å². The van der Waals surface area contributed by atoms with Crippen LogP contribution in [-0.2, 0) is 6.54 Å². The number of aromatic nitrogens is 2. The Kier molecular flexibility index (Phi) is 4.03. The quantitative estimate of drug-likeness (QED) is 0.931. The van der Waals surface area contributed by atoms with E-state index < -0.39 is 0 Å². The minimum atomic E-state index is -0.0538. The van der Waals surface area contributed by atoms with Crippen molar-refractivity contribution in [3.63, 3.8) is 0 Å². The van der Waals surface area contributed by atoms with Gasteiger partial charge in [-0.3, -0.25) is 0 Å². The predicted molar refractivity (Wildman–Crippen MR) is 86.1 cm³/mol. The topological polar surface area (TPSA) is 71.3 Å². The standard InChI is InChI=1S/C16H20N4O2S/c21-16(20-8-7-12(20)13-6-3-9-23-13)17-10-14-18-15(22-19-14)11-4-1-2-5-11/h3,6,9,11-12H,1-2,4-5,7-8,10H2,(H,17,21)/t12-/m0/s1. The number of nitrogens with one attached hydrogen (secondary N) is 1. The zero-order chi connectivity index (χ0) is 15.6. The lowest BCUT2D eigenvalue weighted by atomic mass is 10.0. The van der Waals surface area contributed by atoms with Crippen LogP contribution in [0.5, 0.6) is 0 Å². The predicted octanol–water partition coefficient (Wildman–Crippen LogP) is 3.45. The molecule has 0 aromatic carbocycles. The van der Waals surface area contributed by atoms with Gasteiger partial charge in [-0.25, -0.2) is 4.79 Å². The van der Waals surface area contributed by atoms with Crippen molar-refractivity contribution in [3.05, 3.63) is 34.1 Å². The number of hydrogen-bond donors (Lipinski definition) is 1. The molecule has 1 aliphatic heterocycles. The molecule has 1 saturated carbocycles. The molecule has 2 aliphatic rings. The highest BCUT2D eigenvalue weighted by Gasteiger charge is 2.34. The van der Waals surface area contributed by atoms with Gasteiger partial charge in [0.05, 0.1) is 12.6 Å². The Morgan fingerprint density at radius 2 is 2.26 bits per heavy atom. The van der Waals surface area contributed by atoms with Crippen LogP contribution in [0, 0.1) is 0 Å². The summed E-state index contributed by atoms with van der Waals surface area (Å²) in [4.78, 5) is 19.8. The highest BCUT2D eigenvalue weighted by atomic mass is 32.1. The van der Waals surface area contributed by atoms with Crippen molar-refractivity contribution in [2.24, 2.45) is 0 Å². The van der Waals surface area contributed by atoms with Crippen LogP contribution in [0.25, 0.3) is 0 Å². The highest BCUT2D eigenvalue weighted by Crippen LogP contribution is 2.35. The molecule has 2 amide bonds. The fourth-order valence-corrected chi connectivity index (χ4v) is 4.21. The van der Waals surface area contributed by atoms with Gasteiger partial charge in [-0.2, -0.15) is 4.98 Å². The third kappa shape index (κ3) is 2.97. The number of urea groups is 1. The van der Waals surface area contributed by atoms with E-state index in [-0.39, 0.29) is 12.1 Å². The molecule has 2 aromatic heterocycles. The number of carbonyl (C=O) groups excluding carboxylic acids is 1. The third-order valence-corrected chi connectivity index (χ3v) is 5.71. The van der Waals surface area contributed by atoms with E-state index in [1.54, 1.807) is 11.3 Å². The van der Waals surface area contributed by atoms with Gasteiger partial charge in [0.25, 0.3) is 0 Å². The lowest BCUT2D eigenvalue weighted by molar-refractivity contribution is 0.117. The van der Waals surface area contributed by atoms with E-state index in [9.17, 15) is 4.79 Å². The summed E-state index contributed by atoms with van der Waals surface area (Å²) in [5.74, 6) is 1.70. The molecule has 3 heterocycles. The molecule has 23 heavy (non-hydrogen) atoms. The molecule has 0 spiro atoms. The lowest BCUT2D eigenvalue weighted by Gasteiger charge is -2.40. The van der Waals surface area contributed by atoms with Crippen molar-refractivity contribution >= 4 is 17.4 Å². The lowest BCUT2D eigenvalue weighted by Crippen LogP contribution is -2.49. The normalized spacial score (nSPS) is 21.4. The first-order valence-electron chi connectivity index (χ1n) is 8.21. The second-order valence-corrected chi connectivity index (χ2v) is 7.18. The number of amides is 2. The van der Waals surface area contributed by atoms with Crippen LogP contribution in [-0.4, -0.2) is 27.6 Å². The van der Waals surface area contributed by atoms with Crippen LogP contribution in [0.3, 0.4) is 0 Å². The van der Waals surface area contributed by atoms with Gasteiger partial charge in [-0.1, -0.05) is 24.1 Å². The number of hydrogen-bond acceptors (Lipinski definition) is 5. The molecule has 0 bridgehead atoms. The maximum Gasteiger partial charge on any atom is 0.318 e. The summed E-state index contributed by atoms with van der Waals surface area (Å²) in [6, 6.07) is 4.27. The number of nitrogens with zero attached hydrogens (tertiary/aromatic N) is 3. The number of carbonyl (C=O) groups is 1. The van der Waals surface area contributed by atoms with Crippen molar-refractivity contribution < 1.29 is 9.32 Å². The molecular weight excluding hydrogens is 312 g/mol. The smallest absolute Gasteiger partial charge is 0.318 e. The summed E-state index contributed by atoms with van der Waals surface area (Å²) in [5, 5.41) is 8.94. The first-order chi connectivity index (χ1) is 11.3. The number of thiophene rings is 1. The van der Waals surface area contributed by atoms with E-state index in [4.69, 9.17) is 4.52 Å². The van der Waals surface area contributed by atoms with E-state index >= 15 is 0 Å². The SMILES string of the molecule is O=C(NCc1noc(C2CCCC2)n1)N1CC[C@H]1c1cccs1. The van der Waals surface area contributed by atoms with Crippen LogP contribution >= 0.6 is 11.3 Å². The van der Waals surface area contributed by atoms with E-state index in [1.165, 1.54) is 17.7 Å². The van der Waals surface area contributed by atoms with Gasteiger partial charge in [-0.15, -0.1) is 11.3 Å². The Morgan fingerprint density at radius 1 is 1.39 bits per heavy atom. The Labute approximate surface area is 138 Å². The van der Waals surface area contributed by atoms with Gasteiger partial charge in [-0.05, 0) is 30.7 Å². The maximum absolute atomic E-state index is 12.3. The monoisotopic (exact) mass is 332 g/mol. The summed E-state index contributed by atoms with van der Waals surface area (Å²) in [6.07, 6.45) is 5.76. The Morgan fingerprint density at radius 3 is 2.96 bits per heavy atom. The van der Waals surface area contributed by atoms with Gasteiger partial charge in [0, 0.05) is 17.3 Å². The van der Waals surface area contributed by atoms with Gasteiger partial charge in [0.1, 0.15) is 0 Å². The average molecular weight is 332 g/mol. The zero-order valence-electron chi connectivity index (χ0n) is 12.9. The van der Waals surface area contributed by atoms with Gasteiger partial charge < -0.3 is 14.7 Å². The molecule has 122 valence electrons. The van der Waals surface area contributed by atoms with Gasteiger partial charge in [0.2, 0.25) is 5.89 Å². The van der Waals surface area contributed by atoms with Crippen LogP contribution in [0.1, 0.15) is 60.7 Å². The van der Waals surface area contributed by atoms with Crippen molar-refractivity contribution in [2.45, 2.75) is 50.6 Å². The maximum atomic E-state index is 12.3. The summed E-state index contributed by atoms with van der Waals surface area (Å²) in [6.45, 7) is 1.12. The van der Waals surface area contributed by atoms with Crippen molar-refractivity contribution in [3.8, 4) is 0 Å². The number of rotatable bonds is 4. The molecule has 6 nitrogen and oxygen atoms in total. The van der Waals surface area contributed by atoms with Crippen molar-refractivity contribution in [1.82, 2.24) is 20.4 Å². The van der Waals surface area contributed by atoms with Crippen LogP contribution in [0.15, 0.2) is 22.0 Å². The summed E-state index contributed by atoms with van der Waals surface area (Å²) < 4.78 is 5.34. The first kappa shape index (κ1) is 14.7. The number of likely N-dealkylation sites (tertiary alicyclic amines) is 1. The van der Waals surface area contributed by atoms with Crippen LogP contribution < -0.4 is 5.32 Å². The zero-order valence-corrected chi connectivity index (χ0v) is 13.7. The molecule has 0 unspecified atom stereocenters. The van der Waals surface area contributed by atoms with Gasteiger partial charge in [0.15, 0.2) is 5.82 Å². The molecule has 7 heteroatoms. The summed E-state index contributed by atoms with van der Waals surface area (Å²) >= 11 is 1.70. The van der Waals surface area contributed by atoms with Gasteiger partial charge >= 0.3 is 6.03 Å². The highest BCUT2D eigenvalue weighted by molar-refractivity contribution is 7.10. The average Bonchev–Trinajstić information content (AvgIpc) is 3.25. The minimum absolute atomic E-state index is 0.0538. The molecular formula is C16H20N4O2S. The second-order valence-electron chi connectivity index (χ2n) is 6.20. The molecule has 0 radical (unpaired) electrons. The largest absolute Gasteiger partial charge is 0.339 e. The molecule has 1 N–H and O–H groups in total. The van der Waals surface area contributed by atoms with E-state index in [0.29, 0.717) is 18.3 Å². The van der Waals surface area contributed by atoms with Crippen molar-refractivity contribution in [1.29, 1.82) is 0 Å².